The van der Waals surface area contributed by atoms with Crippen LogP contribution in [0.4, 0.5) is 5.69 Å². The van der Waals surface area contributed by atoms with E-state index in [9.17, 15) is 0 Å². The molecule has 0 fully saturated rings. The molecule has 0 aliphatic carbocycles. The number of aromatic nitrogens is 4. The van der Waals surface area contributed by atoms with Crippen LogP contribution in [0.3, 0.4) is 0 Å². The van der Waals surface area contributed by atoms with Crippen LogP contribution >= 0.6 is 15.9 Å². The maximum atomic E-state index is 5.77. The predicted octanol–water partition coefficient (Wildman–Crippen LogP) is 1.01. The van der Waals surface area contributed by atoms with Gasteiger partial charge >= 0.3 is 0 Å². The quantitative estimate of drug-likeness (QED) is 0.755. The molecule has 0 saturated carbocycles. The summed E-state index contributed by atoms with van der Waals surface area (Å²) in [5.41, 5.74) is 7.15. The van der Waals surface area contributed by atoms with Crippen LogP contribution < -0.4 is 5.73 Å². The molecule has 0 aliphatic heterocycles. The second-order valence-electron chi connectivity index (χ2n) is 2.43. The lowest BCUT2D eigenvalue weighted by Gasteiger charge is -2.05. The molecule has 2 rings (SSSR count). The summed E-state index contributed by atoms with van der Waals surface area (Å²) in [5, 5.41) is 10.8. The molecule has 0 spiro atoms. The van der Waals surface area contributed by atoms with Crippen LogP contribution in [-0.2, 0) is 0 Å². The Bertz CT molecular complexity index is 391. The normalized spacial score (nSPS) is 10.2. The molecule has 1 heterocycles. The van der Waals surface area contributed by atoms with Crippen LogP contribution in [0.2, 0.25) is 0 Å². The summed E-state index contributed by atoms with van der Waals surface area (Å²) in [5.74, 6) is 0. The number of nitrogens with two attached hydrogens (primary N) is 1. The van der Waals surface area contributed by atoms with Crippen molar-refractivity contribution >= 4 is 21.6 Å². The Morgan fingerprint density at radius 3 is 2.85 bits per heavy atom. The molecule has 0 aliphatic rings. The van der Waals surface area contributed by atoms with Crippen LogP contribution in [0.25, 0.3) is 5.69 Å². The molecule has 2 aromatic rings. The fraction of sp³-hybridized carbons (Fsp3) is 0. The van der Waals surface area contributed by atoms with Crippen LogP contribution in [0, 0.1) is 0 Å². The topological polar surface area (TPSA) is 69.6 Å². The van der Waals surface area contributed by atoms with Gasteiger partial charge in [-0.2, -0.15) is 4.68 Å². The van der Waals surface area contributed by atoms with Gasteiger partial charge in [0.1, 0.15) is 12.0 Å². The standard InChI is InChI=1S/C7H6BrN5/c8-5-2-1-3-6(9)7(5)13-4-10-11-12-13/h1-4H,9H2. The Kier molecular flexibility index (Phi) is 1.97. The molecule has 0 bridgehead atoms. The third-order valence-corrected chi connectivity index (χ3v) is 2.24. The molecule has 0 unspecified atom stereocenters. The SMILES string of the molecule is Nc1cccc(Br)c1-n1cnnn1. The first-order chi connectivity index (χ1) is 6.29. The molecule has 6 heteroatoms. The monoisotopic (exact) mass is 239 g/mol. The number of nitrogen functional groups attached to an aromatic ring is 1. The summed E-state index contributed by atoms with van der Waals surface area (Å²) in [6.07, 6.45) is 1.50. The van der Waals surface area contributed by atoms with Gasteiger partial charge < -0.3 is 5.73 Å². The first-order valence-corrected chi connectivity index (χ1v) is 4.35. The van der Waals surface area contributed by atoms with Crippen LogP contribution in [-0.4, -0.2) is 20.2 Å². The van der Waals surface area contributed by atoms with E-state index in [2.05, 4.69) is 31.5 Å². The molecule has 0 saturated heterocycles. The molecule has 0 atom stereocenters. The summed E-state index contributed by atoms with van der Waals surface area (Å²) in [4.78, 5) is 0. The van der Waals surface area contributed by atoms with Crippen molar-refractivity contribution in [3.05, 3.63) is 29.0 Å². The van der Waals surface area contributed by atoms with E-state index < -0.39 is 0 Å². The van der Waals surface area contributed by atoms with E-state index in [1.807, 2.05) is 12.1 Å². The van der Waals surface area contributed by atoms with E-state index in [0.717, 1.165) is 10.2 Å². The van der Waals surface area contributed by atoms with Crippen LogP contribution in [0.15, 0.2) is 29.0 Å². The average Bonchev–Trinajstić information content (AvgIpc) is 2.57. The molecular formula is C7H6BrN5. The number of para-hydroxylation sites is 1. The molecule has 66 valence electrons. The van der Waals surface area contributed by atoms with Gasteiger partial charge in [0.15, 0.2) is 0 Å². The van der Waals surface area contributed by atoms with E-state index in [4.69, 9.17) is 5.73 Å². The van der Waals surface area contributed by atoms with Crippen molar-refractivity contribution in [3.8, 4) is 5.69 Å². The Balaban J connectivity index is 2.64. The fourth-order valence-corrected chi connectivity index (χ4v) is 1.60. The number of halogens is 1. The van der Waals surface area contributed by atoms with Crippen molar-refractivity contribution in [3.63, 3.8) is 0 Å². The van der Waals surface area contributed by atoms with Crippen molar-refractivity contribution in [2.24, 2.45) is 0 Å². The van der Waals surface area contributed by atoms with Crippen molar-refractivity contribution in [1.29, 1.82) is 0 Å². The van der Waals surface area contributed by atoms with Gasteiger partial charge in [0, 0.05) is 4.47 Å². The van der Waals surface area contributed by atoms with Gasteiger partial charge in [-0.15, -0.1) is 5.10 Å². The fourth-order valence-electron chi connectivity index (χ4n) is 1.04. The number of rotatable bonds is 1. The minimum Gasteiger partial charge on any atom is -0.397 e. The summed E-state index contributed by atoms with van der Waals surface area (Å²) in [6, 6.07) is 5.53. The number of nitrogens with zero attached hydrogens (tertiary/aromatic N) is 4. The van der Waals surface area contributed by atoms with Crippen LogP contribution in [0.1, 0.15) is 0 Å². The highest BCUT2D eigenvalue weighted by atomic mass is 79.9. The van der Waals surface area contributed by atoms with Gasteiger partial charge in [-0.1, -0.05) is 6.07 Å². The maximum Gasteiger partial charge on any atom is 0.144 e. The smallest absolute Gasteiger partial charge is 0.144 e. The van der Waals surface area contributed by atoms with E-state index in [1.165, 1.54) is 11.0 Å². The summed E-state index contributed by atoms with van der Waals surface area (Å²) < 4.78 is 2.37. The van der Waals surface area contributed by atoms with Gasteiger partial charge in [0.25, 0.3) is 0 Å². The maximum absolute atomic E-state index is 5.77. The molecule has 5 nitrogen and oxygen atoms in total. The zero-order valence-corrected chi connectivity index (χ0v) is 8.14. The second kappa shape index (κ2) is 3.14. The molecule has 0 radical (unpaired) electrons. The van der Waals surface area contributed by atoms with Gasteiger partial charge in [0.05, 0.1) is 5.69 Å². The highest BCUT2D eigenvalue weighted by Crippen LogP contribution is 2.25. The molecule has 1 aromatic heterocycles. The third-order valence-electron chi connectivity index (χ3n) is 1.60. The molecule has 1 aromatic carbocycles. The van der Waals surface area contributed by atoms with Crippen molar-refractivity contribution < 1.29 is 0 Å². The van der Waals surface area contributed by atoms with Crippen LogP contribution in [0.5, 0.6) is 0 Å². The third kappa shape index (κ3) is 1.40. The lowest BCUT2D eigenvalue weighted by atomic mass is 10.3. The lowest BCUT2D eigenvalue weighted by Crippen LogP contribution is -2.01. The number of benzene rings is 1. The second-order valence-corrected chi connectivity index (χ2v) is 3.29. The first kappa shape index (κ1) is 8.18. The van der Waals surface area contributed by atoms with E-state index >= 15 is 0 Å². The Labute approximate surface area is 82.7 Å². The van der Waals surface area contributed by atoms with Crippen molar-refractivity contribution in [2.75, 3.05) is 5.73 Å². The molecule has 0 amide bonds. The average molecular weight is 240 g/mol. The zero-order chi connectivity index (χ0) is 9.26. The zero-order valence-electron chi connectivity index (χ0n) is 6.55. The highest BCUT2D eigenvalue weighted by Gasteiger charge is 2.06. The van der Waals surface area contributed by atoms with Gasteiger partial charge in [-0.05, 0) is 38.5 Å². The molecule has 13 heavy (non-hydrogen) atoms. The number of tetrazole rings is 1. The highest BCUT2D eigenvalue weighted by molar-refractivity contribution is 9.10. The summed E-state index contributed by atoms with van der Waals surface area (Å²) in [6.45, 7) is 0. The Morgan fingerprint density at radius 1 is 1.38 bits per heavy atom. The summed E-state index contributed by atoms with van der Waals surface area (Å²) in [7, 11) is 0. The number of hydrogen-bond donors (Lipinski definition) is 1. The van der Waals surface area contributed by atoms with E-state index in [1.54, 1.807) is 6.07 Å². The van der Waals surface area contributed by atoms with E-state index in [-0.39, 0.29) is 0 Å². The molecule has 2 N–H and O–H groups in total. The number of hydrogen-bond acceptors (Lipinski definition) is 4. The largest absolute Gasteiger partial charge is 0.397 e. The Hall–Kier alpha value is -1.43. The first-order valence-electron chi connectivity index (χ1n) is 3.56. The summed E-state index contributed by atoms with van der Waals surface area (Å²) >= 11 is 3.37. The van der Waals surface area contributed by atoms with Crippen molar-refractivity contribution in [1.82, 2.24) is 20.2 Å². The predicted molar refractivity (Wildman–Crippen MR) is 51.3 cm³/mol. The number of anilines is 1. The van der Waals surface area contributed by atoms with Gasteiger partial charge in [-0.25, -0.2) is 0 Å². The Morgan fingerprint density at radius 2 is 2.23 bits per heavy atom. The van der Waals surface area contributed by atoms with E-state index in [0.29, 0.717) is 5.69 Å². The van der Waals surface area contributed by atoms with Crippen molar-refractivity contribution in [2.45, 2.75) is 0 Å². The minimum atomic E-state index is 0.627. The lowest BCUT2D eigenvalue weighted by molar-refractivity contribution is 0.788. The van der Waals surface area contributed by atoms with Gasteiger partial charge in [0.2, 0.25) is 0 Å². The molecular weight excluding hydrogens is 234 g/mol. The minimum absolute atomic E-state index is 0.627. The van der Waals surface area contributed by atoms with Gasteiger partial charge in [-0.3, -0.25) is 0 Å².